The van der Waals surface area contributed by atoms with Crippen molar-refractivity contribution in [2.24, 2.45) is 5.41 Å². The highest BCUT2D eigenvalue weighted by molar-refractivity contribution is 7.97. The van der Waals surface area contributed by atoms with Crippen molar-refractivity contribution in [3.05, 3.63) is 42.0 Å². The van der Waals surface area contributed by atoms with E-state index in [-0.39, 0.29) is 11.4 Å². The van der Waals surface area contributed by atoms with Crippen molar-refractivity contribution in [3.8, 4) is 0 Å². The fourth-order valence-electron chi connectivity index (χ4n) is 4.89. The number of benzene rings is 1. The van der Waals surface area contributed by atoms with Crippen LogP contribution in [-0.2, 0) is 0 Å². The predicted octanol–water partition coefficient (Wildman–Crippen LogP) is 4.68. The number of pyridine rings is 1. The molecule has 8 heteroatoms. The van der Waals surface area contributed by atoms with Crippen LogP contribution in [0.15, 0.2) is 41.3 Å². The molecule has 35 heavy (non-hydrogen) atoms. The van der Waals surface area contributed by atoms with Crippen molar-refractivity contribution in [1.29, 1.82) is 0 Å². The number of hydrogen-bond acceptors (Lipinski definition) is 7. The average molecular weight is 496 g/mol. The third-order valence-corrected chi connectivity index (χ3v) is 8.34. The van der Waals surface area contributed by atoms with E-state index in [1.54, 1.807) is 11.9 Å². The number of aromatic nitrogens is 1. The molecular formula is C27H37N5O2S. The molecule has 0 radical (unpaired) electrons. The van der Waals surface area contributed by atoms with Crippen molar-refractivity contribution in [2.75, 3.05) is 41.3 Å². The quantitative estimate of drug-likeness (QED) is 0.502. The summed E-state index contributed by atoms with van der Waals surface area (Å²) in [5, 5.41) is 13.3. The van der Waals surface area contributed by atoms with E-state index < -0.39 is 5.60 Å². The van der Waals surface area contributed by atoms with E-state index in [1.165, 1.54) is 25.7 Å². The van der Waals surface area contributed by atoms with Gasteiger partial charge in [-0.2, -0.15) is 0 Å². The molecule has 0 bridgehead atoms. The molecule has 2 aliphatic heterocycles. The Labute approximate surface area is 212 Å². The standard InChI is InChI=1S/C27H37N5O2S/c1-25(2,3)30-35-20-7-5-6-19(16-20)28-24(33)21-8-9-22(32-17-26(4,34)18-32)29-23(21)31-14-12-27(10-11-27)13-15-31/h5-9,16,30,34H,10-15,17-18H2,1-4H3,(H,28,33). The SMILES string of the molecule is CC1(O)CN(c2ccc(C(=O)Nc3cccc(SNC(C)(C)C)c3)c(N3CCC4(CC3)CC4)n2)C1. The van der Waals surface area contributed by atoms with Crippen LogP contribution in [0.2, 0.25) is 0 Å². The number of piperidine rings is 1. The van der Waals surface area contributed by atoms with E-state index in [9.17, 15) is 9.90 Å². The van der Waals surface area contributed by atoms with Crippen LogP contribution in [0.1, 0.15) is 63.7 Å². The van der Waals surface area contributed by atoms with Crippen LogP contribution in [0.3, 0.4) is 0 Å². The lowest BCUT2D eigenvalue weighted by Crippen LogP contribution is -2.60. The molecule has 3 aliphatic rings. The molecule has 2 aromatic rings. The lowest BCUT2D eigenvalue weighted by atomic mass is 9.93. The third kappa shape index (κ3) is 5.76. The molecule has 1 amide bonds. The molecule has 5 rings (SSSR count). The van der Waals surface area contributed by atoms with Crippen LogP contribution in [-0.4, -0.2) is 53.3 Å². The van der Waals surface area contributed by atoms with Gasteiger partial charge in [0.25, 0.3) is 5.91 Å². The third-order valence-electron chi connectivity index (χ3n) is 7.14. The lowest BCUT2D eigenvalue weighted by molar-refractivity contribution is 0.0305. The van der Waals surface area contributed by atoms with Gasteiger partial charge in [0.15, 0.2) is 0 Å². The van der Waals surface area contributed by atoms with Crippen LogP contribution in [0, 0.1) is 5.41 Å². The van der Waals surface area contributed by atoms with Gasteiger partial charge < -0.3 is 20.2 Å². The van der Waals surface area contributed by atoms with E-state index in [0.717, 1.165) is 35.3 Å². The van der Waals surface area contributed by atoms with Crippen LogP contribution < -0.4 is 19.8 Å². The Hall–Kier alpha value is -2.29. The highest BCUT2D eigenvalue weighted by atomic mass is 32.2. The first-order valence-corrected chi connectivity index (χ1v) is 13.4. The molecule has 3 fully saturated rings. The number of carbonyl (C=O) groups excluding carboxylic acids is 1. The molecule has 0 atom stereocenters. The van der Waals surface area contributed by atoms with Crippen LogP contribution in [0.4, 0.5) is 17.3 Å². The summed E-state index contributed by atoms with van der Waals surface area (Å²) >= 11 is 1.56. The molecule has 1 spiro atoms. The second-order valence-electron chi connectivity index (χ2n) is 11.8. The number of aliphatic hydroxyl groups is 1. The first-order chi connectivity index (χ1) is 16.5. The summed E-state index contributed by atoms with van der Waals surface area (Å²) in [5.41, 5.74) is 1.22. The van der Waals surface area contributed by atoms with Crippen molar-refractivity contribution in [2.45, 2.75) is 69.4 Å². The van der Waals surface area contributed by atoms with Gasteiger partial charge in [-0.1, -0.05) is 6.07 Å². The smallest absolute Gasteiger partial charge is 0.259 e. The number of nitrogens with zero attached hydrogens (tertiary/aromatic N) is 3. The van der Waals surface area contributed by atoms with Gasteiger partial charge in [-0.05, 0) is 101 Å². The van der Waals surface area contributed by atoms with E-state index in [0.29, 0.717) is 24.1 Å². The summed E-state index contributed by atoms with van der Waals surface area (Å²) in [7, 11) is 0. The second kappa shape index (κ2) is 8.98. The van der Waals surface area contributed by atoms with E-state index >= 15 is 0 Å². The highest BCUT2D eigenvalue weighted by Gasteiger charge is 2.45. The number of amides is 1. The molecule has 1 aliphatic carbocycles. The molecule has 1 aromatic heterocycles. The molecule has 1 aromatic carbocycles. The summed E-state index contributed by atoms with van der Waals surface area (Å²) < 4.78 is 3.41. The first-order valence-electron chi connectivity index (χ1n) is 12.6. The molecular weight excluding hydrogens is 458 g/mol. The largest absolute Gasteiger partial charge is 0.386 e. The van der Waals surface area contributed by atoms with Crippen LogP contribution in [0.25, 0.3) is 0 Å². The van der Waals surface area contributed by atoms with E-state index in [2.05, 4.69) is 40.6 Å². The fraction of sp³-hybridized carbons (Fsp3) is 0.556. The first kappa shape index (κ1) is 24.4. The molecule has 2 saturated heterocycles. The highest BCUT2D eigenvalue weighted by Crippen LogP contribution is 2.54. The summed E-state index contributed by atoms with van der Waals surface area (Å²) in [5.74, 6) is 1.43. The molecule has 3 N–H and O–H groups in total. The fourth-order valence-corrected chi connectivity index (χ4v) is 5.64. The minimum absolute atomic E-state index is 0.0103. The van der Waals surface area contributed by atoms with Crippen LogP contribution >= 0.6 is 11.9 Å². The maximum absolute atomic E-state index is 13.5. The molecule has 3 heterocycles. The number of rotatable bonds is 6. The maximum Gasteiger partial charge on any atom is 0.259 e. The molecule has 0 unspecified atom stereocenters. The molecule has 1 saturated carbocycles. The Kier molecular flexibility index (Phi) is 6.26. The topological polar surface area (TPSA) is 80.7 Å². The summed E-state index contributed by atoms with van der Waals surface area (Å²) in [4.78, 5) is 23.8. The normalized spacial score (nSPS) is 20.5. The number of hydrogen-bond donors (Lipinski definition) is 3. The minimum atomic E-state index is -0.674. The van der Waals surface area contributed by atoms with Crippen molar-refractivity contribution in [3.63, 3.8) is 0 Å². The van der Waals surface area contributed by atoms with Crippen molar-refractivity contribution >= 4 is 35.2 Å². The van der Waals surface area contributed by atoms with Gasteiger partial charge in [0.05, 0.1) is 11.2 Å². The van der Waals surface area contributed by atoms with Crippen molar-refractivity contribution < 1.29 is 9.90 Å². The Bertz CT molecular complexity index is 1090. The van der Waals surface area contributed by atoms with Gasteiger partial charge in [-0.3, -0.25) is 9.52 Å². The summed E-state index contributed by atoms with van der Waals surface area (Å²) in [6.07, 6.45) is 5.00. The van der Waals surface area contributed by atoms with Gasteiger partial charge in [0.2, 0.25) is 0 Å². The number of β-amino-alcohol motifs (C(OH)–C–C–N with tert-alkyl or cyclic N) is 1. The zero-order valence-electron chi connectivity index (χ0n) is 21.2. The molecule has 7 nitrogen and oxygen atoms in total. The molecule has 188 valence electrons. The Morgan fingerprint density at radius 1 is 1.06 bits per heavy atom. The lowest BCUT2D eigenvalue weighted by Gasteiger charge is -2.45. The van der Waals surface area contributed by atoms with Gasteiger partial charge in [-0.15, -0.1) is 0 Å². The van der Waals surface area contributed by atoms with E-state index in [1.807, 2.05) is 43.3 Å². The minimum Gasteiger partial charge on any atom is -0.386 e. The summed E-state index contributed by atoms with van der Waals surface area (Å²) in [6, 6.07) is 11.7. The van der Waals surface area contributed by atoms with E-state index in [4.69, 9.17) is 4.98 Å². The Balaban J connectivity index is 1.35. The maximum atomic E-state index is 13.5. The number of carbonyl (C=O) groups is 1. The zero-order valence-corrected chi connectivity index (χ0v) is 22.0. The number of nitrogens with one attached hydrogen (secondary N) is 2. The monoisotopic (exact) mass is 495 g/mol. The Morgan fingerprint density at radius 2 is 1.77 bits per heavy atom. The van der Waals surface area contributed by atoms with Crippen molar-refractivity contribution in [1.82, 2.24) is 9.71 Å². The van der Waals surface area contributed by atoms with Gasteiger partial charge in [-0.25, -0.2) is 4.98 Å². The number of anilines is 3. The Morgan fingerprint density at radius 3 is 2.40 bits per heavy atom. The zero-order chi connectivity index (χ0) is 24.8. The average Bonchev–Trinajstić information content (AvgIpc) is 3.54. The second-order valence-corrected chi connectivity index (χ2v) is 12.7. The van der Waals surface area contributed by atoms with Gasteiger partial charge >= 0.3 is 0 Å². The summed E-state index contributed by atoms with van der Waals surface area (Å²) in [6.45, 7) is 11.2. The van der Waals surface area contributed by atoms with Crippen LogP contribution in [0.5, 0.6) is 0 Å². The van der Waals surface area contributed by atoms with Gasteiger partial charge in [0, 0.05) is 42.3 Å². The predicted molar refractivity (Wildman–Crippen MR) is 143 cm³/mol. The van der Waals surface area contributed by atoms with Gasteiger partial charge in [0.1, 0.15) is 11.6 Å².